The van der Waals surface area contributed by atoms with Gasteiger partial charge >= 0.3 is 0 Å². The number of carbonyl (C=O) groups is 1. The lowest BCUT2D eigenvalue weighted by Gasteiger charge is -2.09. The minimum atomic E-state index is -0.275. The van der Waals surface area contributed by atoms with E-state index in [-0.39, 0.29) is 11.5 Å². The Kier molecular flexibility index (Phi) is 4.82. The number of rotatable bonds is 5. The molecule has 0 spiro atoms. The summed E-state index contributed by atoms with van der Waals surface area (Å²) in [6.45, 7) is 0.638. The number of hydrogen-bond donors (Lipinski definition) is 1. The first-order valence-electron chi connectivity index (χ1n) is 7.36. The minimum Gasteiger partial charge on any atom is -0.350 e. The lowest BCUT2D eigenvalue weighted by atomic mass is 10.2. The van der Waals surface area contributed by atoms with Gasteiger partial charge in [-0.05, 0) is 37.1 Å². The molecule has 1 aromatic heterocycles. The zero-order valence-corrected chi connectivity index (χ0v) is 14.6. The van der Waals surface area contributed by atoms with Gasteiger partial charge in [-0.2, -0.15) is 5.10 Å². The van der Waals surface area contributed by atoms with Crippen LogP contribution in [0.15, 0.2) is 39.6 Å². The van der Waals surface area contributed by atoms with Gasteiger partial charge in [0.15, 0.2) is 0 Å². The fourth-order valence-corrected chi connectivity index (χ4v) is 2.83. The van der Waals surface area contributed by atoms with Gasteiger partial charge in [-0.15, -0.1) is 0 Å². The quantitative estimate of drug-likeness (QED) is 0.845. The van der Waals surface area contributed by atoms with Crippen LogP contribution in [0.1, 0.15) is 34.8 Å². The van der Waals surface area contributed by atoms with Gasteiger partial charge in [-0.3, -0.25) is 9.59 Å². The molecule has 1 aliphatic rings. The Morgan fingerprint density at radius 1 is 1.35 bits per heavy atom. The van der Waals surface area contributed by atoms with Crippen molar-refractivity contribution in [1.82, 2.24) is 15.1 Å². The maximum absolute atomic E-state index is 12.2. The van der Waals surface area contributed by atoms with Crippen molar-refractivity contribution in [2.45, 2.75) is 25.3 Å². The molecule has 1 fully saturated rings. The Bertz CT molecular complexity index is 802. The minimum absolute atomic E-state index is 0.163. The smallest absolute Gasteiger partial charge is 0.266 e. The van der Waals surface area contributed by atoms with Gasteiger partial charge in [0, 0.05) is 23.0 Å². The molecular formula is C16H15BrClN3O2. The van der Waals surface area contributed by atoms with E-state index in [0.717, 1.165) is 23.0 Å². The van der Waals surface area contributed by atoms with Crippen LogP contribution in [-0.4, -0.2) is 22.2 Å². The topological polar surface area (TPSA) is 64.0 Å². The molecule has 0 aliphatic heterocycles. The molecule has 0 unspecified atom stereocenters. The number of carbonyl (C=O) groups excluding carboxylic acids is 1. The van der Waals surface area contributed by atoms with Crippen molar-refractivity contribution in [2.24, 2.45) is 0 Å². The average Bonchev–Trinajstić information content (AvgIpc) is 3.36. The molecule has 1 aromatic carbocycles. The van der Waals surface area contributed by atoms with E-state index in [4.69, 9.17) is 11.6 Å². The van der Waals surface area contributed by atoms with Crippen LogP contribution in [0.2, 0.25) is 5.02 Å². The Balaban J connectivity index is 1.63. The fourth-order valence-electron chi connectivity index (χ4n) is 2.26. The van der Waals surface area contributed by atoms with Crippen LogP contribution in [0, 0.1) is 0 Å². The predicted molar refractivity (Wildman–Crippen MR) is 92.0 cm³/mol. The summed E-state index contributed by atoms with van der Waals surface area (Å²) < 4.78 is 2.18. The lowest BCUT2D eigenvalue weighted by Crippen LogP contribution is -2.32. The van der Waals surface area contributed by atoms with Gasteiger partial charge in [-0.1, -0.05) is 27.5 Å². The highest BCUT2D eigenvalue weighted by Gasteiger charge is 2.25. The van der Waals surface area contributed by atoms with Crippen LogP contribution in [-0.2, 0) is 6.54 Å². The van der Waals surface area contributed by atoms with Crippen LogP contribution in [0.5, 0.6) is 0 Å². The molecule has 0 radical (unpaired) electrons. The Hall–Kier alpha value is -1.66. The van der Waals surface area contributed by atoms with Gasteiger partial charge in [0.25, 0.3) is 11.5 Å². The number of nitrogens with zero attached hydrogens (tertiary/aromatic N) is 2. The summed E-state index contributed by atoms with van der Waals surface area (Å²) in [6, 6.07) is 8.41. The predicted octanol–water partition coefficient (Wildman–Crippen LogP) is 2.97. The first kappa shape index (κ1) is 16.2. The summed E-state index contributed by atoms with van der Waals surface area (Å²) in [6.07, 6.45) is 2.26. The van der Waals surface area contributed by atoms with Crippen molar-refractivity contribution in [2.75, 3.05) is 6.54 Å². The van der Waals surface area contributed by atoms with Crippen LogP contribution < -0.4 is 10.9 Å². The molecule has 0 atom stereocenters. The number of halogens is 2. The first-order valence-corrected chi connectivity index (χ1v) is 8.53. The molecule has 2 aromatic rings. The largest absolute Gasteiger partial charge is 0.350 e. The van der Waals surface area contributed by atoms with E-state index in [1.165, 1.54) is 10.7 Å². The molecule has 1 heterocycles. The van der Waals surface area contributed by atoms with E-state index in [1.807, 2.05) is 0 Å². The maximum Gasteiger partial charge on any atom is 0.266 e. The molecular weight excluding hydrogens is 382 g/mol. The van der Waals surface area contributed by atoms with Crippen LogP contribution >= 0.6 is 27.5 Å². The third-order valence-corrected chi connectivity index (χ3v) is 4.49. The van der Waals surface area contributed by atoms with E-state index in [1.54, 1.807) is 24.3 Å². The summed E-state index contributed by atoms with van der Waals surface area (Å²) >= 11 is 9.34. The van der Waals surface area contributed by atoms with E-state index in [9.17, 15) is 9.59 Å². The number of amides is 1. The molecule has 1 N–H and O–H groups in total. The SMILES string of the molecule is O=C(NCCn1nc(C2CC2)ccc1=O)c1cc(Br)ccc1Cl. The van der Waals surface area contributed by atoms with Gasteiger partial charge in [-0.25, -0.2) is 4.68 Å². The zero-order valence-electron chi connectivity index (χ0n) is 12.3. The molecule has 7 heteroatoms. The zero-order chi connectivity index (χ0) is 16.4. The van der Waals surface area contributed by atoms with E-state index in [0.29, 0.717) is 29.6 Å². The van der Waals surface area contributed by atoms with Crippen molar-refractivity contribution in [3.63, 3.8) is 0 Å². The fraction of sp³-hybridized carbons (Fsp3) is 0.312. The Morgan fingerprint density at radius 2 is 2.13 bits per heavy atom. The molecule has 23 heavy (non-hydrogen) atoms. The number of benzene rings is 1. The van der Waals surface area contributed by atoms with Crippen molar-refractivity contribution in [3.05, 3.63) is 61.4 Å². The van der Waals surface area contributed by atoms with Gasteiger partial charge in [0.05, 0.1) is 22.8 Å². The molecule has 0 saturated heterocycles. The standard InChI is InChI=1S/C16H15BrClN3O2/c17-11-3-4-13(18)12(9-11)16(23)19-7-8-21-15(22)6-5-14(20-21)10-1-2-10/h3-6,9-10H,1-2,7-8H2,(H,19,23). The second kappa shape index (κ2) is 6.84. The van der Waals surface area contributed by atoms with Gasteiger partial charge < -0.3 is 5.32 Å². The third kappa shape index (κ3) is 4.00. The van der Waals surface area contributed by atoms with Crippen molar-refractivity contribution >= 4 is 33.4 Å². The Labute approximate surface area is 146 Å². The highest BCUT2D eigenvalue weighted by molar-refractivity contribution is 9.10. The molecule has 1 amide bonds. The molecule has 3 rings (SSSR count). The van der Waals surface area contributed by atoms with Gasteiger partial charge in [0.1, 0.15) is 0 Å². The summed E-state index contributed by atoms with van der Waals surface area (Å²) in [7, 11) is 0. The monoisotopic (exact) mass is 395 g/mol. The second-order valence-corrected chi connectivity index (χ2v) is 6.80. The molecule has 0 bridgehead atoms. The molecule has 5 nitrogen and oxygen atoms in total. The number of nitrogens with one attached hydrogen (secondary N) is 1. The molecule has 1 aliphatic carbocycles. The van der Waals surface area contributed by atoms with Crippen LogP contribution in [0.3, 0.4) is 0 Å². The van der Waals surface area contributed by atoms with Crippen molar-refractivity contribution in [1.29, 1.82) is 0 Å². The maximum atomic E-state index is 12.2. The first-order chi connectivity index (χ1) is 11.0. The van der Waals surface area contributed by atoms with E-state index in [2.05, 4.69) is 26.3 Å². The van der Waals surface area contributed by atoms with Crippen molar-refractivity contribution in [3.8, 4) is 0 Å². The Morgan fingerprint density at radius 3 is 2.87 bits per heavy atom. The third-order valence-electron chi connectivity index (χ3n) is 3.67. The average molecular weight is 397 g/mol. The van der Waals surface area contributed by atoms with Crippen LogP contribution in [0.4, 0.5) is 0 Å². The lowest BCUT2D eigenvalue weighted by molar-refractivity contribution is 0.0952. The summed E-state index contributed by atoms with van der Waals surface area (Å²) in [4.78, 5) is 24.0. The van der Waals surface area contributed by atoms with E-state index < -0.39 is 0 Å². The highest BCUT2D eigenvalue weighted by atomic mass is 79.9. The summed E-state index contributed by atoms with van der Waals surface area (Å²) in [5.74, 6) is 0.208. The molecule has 1 saturated carbocycles. The normalized spacial score (nSPS) is 13.8. The number of hydrogen-bond acceptors (Lipinski definition) is 3. The highest BCUT2D eigenvalue weighted by Crippen LogP contribution is 2.38. The van der Waals surface area contributed by atoms with E-state index >= 15 is 0 Å². The van der Waals surface area contributed by atoms with Crippen molar-refractivity contribution < 1.29 is 4.79 Å². The molecule has 120 valence electrons. The van der Waals surface area contributed by atoms with Crippen LogP contribution in [0.25, 0.3) is 0 Å². The second-order valence-electron chi connectivity index (χ2n) is 5.47. The summed E-state index contributed by atoms with van der Waals surface area (Å²) in [5.41, 5.74) is 1.18. The number of aromatic nitrogens is 2. The summed E-state index contributed by atoms with van der Waals surface area (Å²) in [5, 5.41) is 7.50. The van der Waals surface area contributed by atoms with Gasteiger partial charge in [0.2, 0.25) is 0 Å².